The molecule has 0 unspecified atom stereocenters. The zero-order valence-electron chi connectivity index (χ0n) is 10.5. The summed E-state index contributed by atoms with van der Waals surface area (Å²) in [6, 6.07) is 0. The third-order valence-electron chi connectivity index (χ3n) is 3.26. The van der Waals surface area contributed by atoms with Gasteiger partial charge in [0.05, 0.1) is 12.7 Å². The Morgan fingerprint density at radius 2 is 2.12 bits per heavy atom. The predicted octanol–water partition coefficient (Wildman–Crippen LogP) is 0.572. The van der Waals surface area contributed by atoms with Gasteiger partial charge in [-0.15, -0.1) is 0 Å². The van der Waals surface area contributed by atoms with Gasteiger partial charge in [-0.2, -0.15) is 0 Å². The number of allylic oxidation sites excluding steroid dienone is 1. The molecule has 0 saturated carbocycles. The zero-order chi connectivity index (χ0) is 13.3. The number of carbonyl (C=O) groups excluding carboxylic acids is 1. The van der Waals surface area contributed by atoms with Crippen LogP contribution in [0.3, 0.4) is 0 Å². The molecule has 17 heavy (non-hydrogen) atoms. The van der Waals surface area contributed by atoms with Gasteiger partial charge in [-0.3, -0.25) is 4.79 Å². The van der Waals surface area contributed by atoms with Crippen molar-refractivity contribution >= 4 is 5.78 Å². The van der Waals surface area contributed by atoms with E-state index in [1.54, 1.807) is 20.8 Å². The Morgan fingerprint density at radius 1 is 1.53 bits per heavy atom. The second kappa shape index (κ2) is 4.72. The minimum Gasteiger partial charge on any atom is -0.392 e. The van der Waals surface area contributed by atoms with Crippen LogP contribution in [-0.2, 0) is 4.79 Å². The van der Waals surface area contributed by atoms with Crippen molar-refractivity contribution in [3.63, 3.8) is 0 Å². The van der Waals surface area contributed by atoms with Gasteiger partial charge in [-0.1, -0.05) is 19.9 Å². The van der Waals surface area contributed by atoms with Gasteiger partial charge in [-0.25, -0.2) is 0 Å². The molecule has 0 bridgehead atoms. The Balaban J connectivity index is 3.23. The number of carbonyl (C=O) groups is 1. The molecule has 3 N–H and O–H groups in total. The maximum atomic E-state index is 11.5. The van der Waals surface area contributed by atoms with Gasteiger partial charge in [0.25, 0.3) is 0 Å². The van der Waals surface area contributed by atoms with Crippen LogP contribution in [0.15, 0.2) is 23.8 Å². The van der Waals surface area contributed by atoms with Crippen molar-refractivity contribution in [2.75, 3.05) is 6.61 Å². The summed E-state index contributed by atoms with van der Waals surface area (Å²) >= 11 is 0. The minimum absolute atomic E-state index is 0.103. The van der Waals surface area contributed by atoms with Gasteiger partial charge in [0.2, 0.25) is 0 Å². The molecule has 2 atom stereocenters. The van der Waals surface area contributed by atoms with Gasteiger partial charge in [-0.05, 0) is 24.6 Å². The van der Waals surface area contributed by atoms with Crippen LogP contribution in [0.25, 0.3) is 0 Å². The largest absolute Gasteiger partial charge is 0.392 e. The van der Waals surface area contributed by atoms with E-state index in [1.807, 2.05) is 0 Å². The first-order chi connectivity index (χ1) is 7.73. The topological polar surface area (TPSA) is 77.8 Å². The number of ketones is 1. The molecular weight excluding hydrogens is 220 g/mol. The van der Waals surface area contributed by atoms with Crippen molar-refractivity contribution in [3.05, 3.63) is 23.8 Å². The second-order valence-corrected chi connectivity index (χ2v) is 5.22. The van der Waals surface area contributed by atoms with Gasteiger partial charge in [0.1, 0.15) is 5.60 Å². The summed E-state index contributed by atoms with van der Waals surface area (Å²) in [5, 5.41) is 29.1. The van der Waals surface area contributed by atoms with Crippen LogP contribution in [0.2, 0.25) is 0 Å². The maximum Gasteiger partial charge on any atom is 0.156 e. The first kappa shape index (κ1) is 14.1. The number of hydrogen-bond donors (Lipinski definition) is 3. The maximum absolute atomic E-state index is 11.5. The summed E-state index contributed by atoms with van der Waals surface area (Å²) < 4.78 is 0. The molecule has 0 aliphatic heterocycles. The molecule has 0 heterocycles. The van der Waals surface area contributed by atoms with Crippen molar-refractivity contribution in [2.24, 2.45) is 5.41 Å². The van der Waals surface area contributed by atoms with Crippen molar-refractivity contribution < 1.29 is 20.1 Å². The van der Waals surface area contributed by atoms with E-state index >= 15 is 0 Å². The Morgan fingerprint density at radius 3 is 2.59 bits per heavy atom. The summed E-state index contributed by atoms with van der Waals surface area (Å²) in [6.07, 6.45) is 3.73. The number of rotatable bonds is 3. The lowest BCUT2D eigenvalue weighted by atomic mass is 9.64. The molecule has 0 amide bonds. The highest BCUT2D eigenvalue weighted by Gasteiger charge is 2.47. The zero-order valence-corrected chi connectivity index (χ0v) is 10.5. The summed E-state index contributed by atoms with van der Waals surface area (Å²) in [4.78, 5) is 11.5. The molecule has 0 aromatic carbocycles. The van der Waals surface area contributed by atoms with Crippen LogP contribution in [0.4, 0.5) is 0 Å². The van der Waals surface area contributed by atoms with E-state index in [-0.39, 0.29) is 24.4 Å². The summed E-state index contributed by atoms with van der Waals surface area (Å²) in [6.45, 7) is 4.72. The Hall–Kier alpha value is -0.970. The van der Waals surface area contributed by atoms with Crippen LogP contribution in [-0.4, -0.2) is 39.4 Å². The molecule has 96 valence electrons. The number of hydrogen-bond acceptors (Lipinski definition) is 4. The van der Waals surface area contributed by atoms with Gasteiger partial charge in [0, 0.05) is 11.8 Å². The fourth-order valence-electron chi connectivity index (χ4n) is 2.14. The standard InChI is InChI=1S/C13H20O4/c1-9(15)4-5-13(17)10(8-14)6-11(16)7-12(13,2)3/h4-6,9,14-15,17H,7-8H2,1-3H3/t9-,13-/m1/s1. The SMILES string of the molecule is C[C@@H](O)C=C[C@@]1(O)C(CO)=CC(=O)CC1(C)C. The van der Waals surface area contributed by atoms with Crippen molar-refractivity contribution in [2.45, 2.75) is 38.9 Å². The molecule has 0 radical (unpaired) electrons. The molecule has 0 aromatic rings. The Kier molecular flexibility index (Phi) is 3.91. The molecule has 0 spiro atoms. The molecule has 0 fully saturated rings. The lowest BCUT2D eigenvalue weighted by Gasteiger charge is -2.44. The average molecular weight is 240 g/mol. The summed E-state index contributed by atoms with van der Waals surface area (Å²) in [5.74, 6) is -0.103. The monoisotopic (exact) mass is 240 g/mol. The molecular formula is C13H20O4. The third-order valence-corrected chi connectivity index (χ3v) is 3.26. The highest BCUT2D eigenvalue weighted by molar-refractivity contribution is 5.93. The van der Waals surface area contributed by atoms with E-state index in [2.05, 4.69) is 0 Å². The Labute approximate surface area is 101 Å². The van der Waals surface area contributed by atoms with Crippen LogP contribution in [0, 0.1) is 5.41 Å². The van der Waals surface area contributed by atoms with Gasteiger partial charge < -0.3 is 15.3 Å². The molecule has 4 nitrogen and oxygen atoms in total. The molecule has 0 aromatic heterocycles. The molecule has 0 saturated heterocycles. The second-order valence-electron chi connectivity index (χ2n) is 5.22. The number of aliphatic hydroxyl groups is 3. The van der Waals surface area contributed by atoms with Crippen LogP contribution < -0.4 is 0 Å². The normalized spacial score (nSPS) is 30.5. The van der Waals surface area contributed by atoms with Gasteiger partial charge >= 0.3 is 0 Å². The smallest absolute Gasteiger partial charge is 0.156 e. The van der Waals surface area contributed by atoms with E-state index in [0.29, 0.717) is 0 Å². The van der Waals surface area contributed by atoms with E-state index < -0.39 is 17.1 Å². The minimum atomic E-state index is -1.40. The van der Waals surface area contributed by atoms with Crippen LogP contribution in [0.1, 0.15) is 27.2 Å². The van der Waals surface area contributed by atoms with Crippen molar-refractivity contribution in [3.8, 4) is 0 Å². The first-order valence-corrected chi connectivity index (χ1v) is 5.67. The number of aliphatic hydroxyl groups excluding tert-OH is 2. The third kappa shape index (κ3) is 2.65. The fraction of sp³-hybridized carbons (Fsp3) is 0.615. The molecule has 1 aliphatic rings. The van der Waals surface area contributed by atoms with Crippen LogP contribution >= 0.6 is 0 Å². The Bertz CT molecular complexity index is 366. The highest BCUT2D eigenvalue weighted by atomic mass is 16.3. The summed E-state index contributed by atoms with van der Waals surface area (Å²) in [7, 11) is 0. The highest BCUT2D eigenvalue weighted by Crippen LogP contribution is 2.44. The van der Waals surface area contributed by atoms with Crippen LogP contribution in [0.5, 0.6) is 0 Å². The summed E-state index contributed by atoms with van der Waals surface area (Å²) in [5.41, 5.74) is -1.83. The first-order valence-electron chi connectivity index (χ1n) is 5.67. The van der Waals surface area contributed by atoms with Crippen molar-refractivity contribution in [1.82, 2.24) is 0 Å². The predicted molar refractivity (Wildman–Crippen MR) is 64.3 cm³/mol. The van der Waals surface area contributed by atoms with Crippen molar-refractivity contribution in [1.29, 1.82) is 0 Å². The van der Waals surface area contributed by atoms with Gasteiger partial charge in [0.15, 0.2) is 5.78 Å². The fourth-order valence-corrected chi connectivity index (χ4v) is 2.14. The van der Waals surface area contributed by atoms with E-state index in [4.69, 9.17) is 0 Å². The quantitative estimate of drug-likeness (QED) is 0.630. The molecule has 4 heteroatoms. The lowest BCUT2D eigenvalue weighted by Crippen LogP contribution is -2.49. The molecule has 1 rings (SSSR count). The lowest BCUT2D eigenvalue weighted by molar-refractivity contribution is -0.121. The van der Waals surface area contributed by atoms with E-state index in [0.717, 1.165) is 0 Å². The molecule has 1 aliphatic carbocycles. The average Bonchev–Trinajstić information content (AvgIpc) is 2.20. The van der Waals surface area contributed by atoms with E-state index in [9.17, 15) is 20.1 Å². The van der Waals surface area contributed by atoms with E-state index in [1.165, 1.54) is 18.2 Å².